The Morgan fingerprint density at radius 2 is 1.08 bits per heavy atom. The van der Waals surface area contributed by atoms with E-state index in [4.69, 9.17) is 5.14 Å². The zero-order chi connectivity index (χ0) is 26.6. The van der Waals surface area contributed by atoms with E-state index in [0.29, 0.717) is 22.1 Å². The van der Waals surface area contributed by atoms with Crippen molar-refractivity contribution in [2.75, 3.05) is 4.31 Å². The smallest absolute Gasteiger partial charge is 0.233 e. The number of hydrogen-bond acceptors (Lipinski definition) is 4. The van der Waals surface area contributed by atoms with Gasteiger partial charge in [-0.05, 0) is 81.3 Å². The number of primary sulfonamides is 1. The van der Waals surface area contributed by atoms with Gasteiger partial charge in [-0.2, -0.15) is 0 Å². The van der Waals surface area contributed by atoms with Crippen LogP contribution in [-0.2, 0) is 20.0 Å². The fraction of sp³-hybridized carbons (Fsp3) is 0.214. The van der Waals surface area contributed by atoms with Crippen molar-refractivity contribution < 1.29 is 16.8 Å². The molecule has 4 aromatic carbocycles. The first-order chi connectivity index (χ1) is 16.7. The van der Waals surface area contributed by atoms with Gasteiger partial charge in [-0.25, -0.2) is 26.3 Å². The highest BCUT2D eigenvalue weighted by Crippen LogP contribution is 2.42. The van der Waals surface area contributed by atoms with Crippen LogP contribution in [0.25, 0.3) is 10.8 Å². The van der Waals surface area contributed by atoms with Gasteiger partial charge in [-0.15, -0.1) is 0 Å². The van der Waals surface area contributed by atoms with Crippen molar-refractivity contribution in [1.29, 1.82) is 0 Å². The second-order valence-corrected chi connectivity index (χ2v) is 12.8. The van der Waals surface area contributed by atoms with Gasteiger partial charge in [-0.1, -0.05) is 59.7 Å². The number of sulfonamides is 2. The predicted molar refractivity (Wildman–Crippen MR) is 146 cm³/mol. The van der Waals surface area contributed by atoms with E-state index >= 15 is 0 Å². The van der Waals surface area contributed by atoms with Crippen LogP contribution in [0.1, 0.15) is 33.4 Å². The molecule has 0 spiro atoms. The lowest BCUT2D eigenvalue weighted by atomic mass is 10.0. The van der Waals surface area contributed by atoms with Gasteiger partial charge in [0.05, 0.1) is 21.2 Å². The van der Waals surface area contributed by atoms with Crippen molar-refractivity contribution in [2.45, 2.75) is 51.3 Å². The molecule has 0 aliphatic rings. The summed E-state index contributed by atoms with van der Waals surface area (Å²) in [4.78, 5) is -0.377. The van der Waals surface area contributed by atoms with E-state index in [9.17, 15) is 16.8 Å². The molecule has 8 heteroatoms. The molecule has 0 fully saturated rings. The lowest BCUT2D eigenvalue weighted by Crippen LogP contribution is -2.29. The maximum absolute atomic E-state index is 14.7. The van der Waals surface area contributed by atoms with Crippen LogP contribution in [0.3, 0.4) is 0 Å². The standard InChI is InChI=1S/C28H30N2O4S2/c1-17-11-19(3)27(20(4)12-17)30(28-21(5)13-18(2)14-22(28)6)36(33,34)26-16-24(35(29,31)32)15-23-9-7-8-10-25(23)26/h7-16H,1-6H3,(H2,29,31,32). The highest BCUT2D eigenvalue weighted by atomic mass is 32.2. The normalized spacial score (nSPS) is 12.2. The van der Waals surface area contributed by atoms with Crippen molar-refractivity contribution in [1.82, 2.24) is 0 Å². The van der Waals surface area contributed by atoms with Gasteiger partial charge in [-0.3, -0.25) is 0 Å². The molecule has 4 aromatic rings. The molecule has 0 atom stereocenters. The van der Waals surface area contributed by atoms with Crippen molar-refractivity contribution >= 4 is 42.2 Å². The van der Waals surface area contributed by atoms with E-state index in [-0.39, 0.29) is 9.79 Å². The Balaban J connectivity index is 2.18. The maximum Gasteiger partial charge on any atom is 0.269 e. The molecule has 4 rings (SSSR count). The van der Waals surface area contributed by atoms with Gasteiger partial charge in [0.25, 0.3) is 10.0 Å². The number of anilines is 2. The van der Waals surface area contributed by atoms with Crippen LogP contribution in [0.15, 0.2) is 70.5 Å². The molecule has 0 amide bonds. The number of nitrogens with two attached hydrogens (primary N) is 1. The van der Waals surface area contributed by atoms with E-state index in [1.54, 1.807) is 24.3 Å². The molecule has 0 saturated carbocycles. The van der Waals surface area contributed by atoms with Crippen LogP contribution in [0.2, 0.25) is 0 Å². The molecule has 2 N–H and O–H groups in total. The zero-order valence-electron chi connectivity index (χ0n) is 21.2. The summed E-state index contributed by atoms with van der Waals surface area (Å²) in [5, 5.41) is 6.34. The van der Waals surface area contributed by atoms with Crippen LogP contribution in [-0.4, -0.2) is 16.8 Å². The average Bonchev–Trinajstić information content (AvgIpc) is 2.75. The summed E-state index contributed by atoms with van der Waals surface area (Å²) in [5.74, 6) is 0. The number of fused-ring (bicyclic) bond motifs is 1. The van der Waals surface area contributed by atoms with Crippen LogP contribution in [0, 0.1) is 41.5 Å². The van der Waals surface area contributed by atoms with Crippen molar-refractivity contribution in [3.63, 3.8) is 0 Å². The van der Waals surface area contributed by atoms with Crippen LogP contribution in [0.4, 0.5) is 11.4 Å². The average molecular weight is 523 g/mol. The minimum Gasteiger partial charge on any atom is -0.233 e. The lowest BCUT2D eigenvalue weighted by Gasteiger charge is -2.31. The van der Waals surface area contributed by atoms with E-state index in [1.165, 1.54) is 10.4 Å². The van der Waals surface area contributed by atoms with Gasteiger partial charge in [0.15, 0.2) is 0 Å². The number of rotatable bonds is 5. The van der Waals surface area contributed by atoms with E-state index in [0.717, 1.165) is 39.4 Å². The highest BCUT2D eigenvalue weighted by Gasteiger charge is 2.33. The Morgan fingerprint density at radius 3 is 1.53 bits per heavy atom. The van der Waals surface area contributed by atoms with Crippen LogP contribution < -0.4 is 9.44 Å². The Bertz CT molecular complexity index is 1640. The van der Waals surface area contributed by atoms with E-state index in [1.807, 2.05) is 65.8 Å². The van der Waals surface area contributed by atoms with Crippen LogP contribution >= 0.6 is 0 Å². The predicted octanol–water partition coefficient (Wildman–Crippen LogP) is 5.86. The molecular weight excluding hydrogens is 492 g/mol. The Morgan fingerprint density at radius 1 is 0.639 bits per heavy atom. The summed E-state index contributed by atoms with van der Waals surface area (Å²) < 4.78 is 55.4. The SMILES string of the molecule is Cc1cc(C)c(N(c2c(C)cc(C)cc2C)S(=O)(=O)c2cc(S(N)(=O)=O)cc3ccccc23)c(C)c1. The molecular formula is C28H30N2O4S2. The number of hydrogen-bond donors (Lipinski definition) is 1. The van der Waals surface area contributed by atoms with Crippen molar-refractivity contribution in [3.05, 3.63) is 94.0 Å². The molecule has 0 aromatic heterocycles. The molecule has 188 valence electrons. The molecule has 0 heterocycles. The molecule has 0 aliphatic heterocycles. The van der Waals surface area contributed by atoms with Gasteiger partial charge >= 0.3 is 0 Å². The molecule has 6 nitrogen and oxygen atoms in total. The first-order valence-corrected chi connectivity index (χ1v) is 14.5. The molecule has 0 unspecified atom stereocenters. The Hall–Kier alpha value is -3.20. The van der Waals surface area contributed by atoms with Gasteiger partial charge in [0.1, 0.15) is 0 Å². The number of benzene rings is 4. The van der Waals surface area contributed by atoms with Gasteiger partial charge in [0.2, 0.25) is 10.0 Å². The zero-order valence-corrected chi connectivity index (χ0v) is 22.9. The number of aryl methyl sites for hydroxylation is 6. The van der Waals surface area contributed by atoms with Crippen molar-refractivity contribution in [2.24, 2.45) is 5.14 Å². The van der Waals surface area contributed by atoms with Gasteiger partial charge in [0, 0.05) is 5.39 Å². The van der Waals surface area contributed by atoms with Crippen LogP contribution in [0.5, 0.6) is 0 Å². The van der Waals surface area contributed by atoms with E-state index in [2.05, 4.69) is 0 Å². The number of nitrogens with zero attached hydrogens (tertiary/aromatic N) is 1. The third kappa shape index (κ3) is 4.52. The minimum atomic E-state index is -4.32. The first-order valence-electron chi connectivity index (χ1n) is 11.5. The summed E-state index contributed by atoms with van der Waals surface area (Å²) >= 11 is 0. The van der Waals surface area contributed by atoms with Gasteiger partial charge < -0.3 is 0 Å². The summed E-state index contributed by atoms with van der Waals surface area (Å²) in [6, 6.07) is 17.2. The quantitative estimate of drug-likeness (QED) is 0.355. The molecule has 0 bridgehead atoms. The Labute approximate surface area is 213 Å². The first kappa shape index (κ1) is 25.9. The molecule has 0 saturated heterocycles. The monoisotopic (exact) mass is 522 g/mol. The second kappa shape index (κ2) is 9.03. The fourth-order valence-electron chi connectivity index (χ4n) is 5.06. The lowest BCUT2D eigenvalue weighted by molar-refractivity contribution is 0.595. The van der Waals surface area contributed by atoms with Crippen molar-refractivity contribution in [3.8, 4) is 0 Å². The van der Waals surface area contributed by atoms with E-state index < -0.39 is 20.0 Å². The minimum absolute atomic E-state index is 0.122. The maximum atomic E-state index is 14.7. The second-order valence-electron chi connectivity index (χ2n) is 9.45. The summed E-state index contributed by atoms with van der Waals surface area (Å²) in [5.41, 5.74) is 6.30. The summed E-state index contributed by atoms with van der Waals surface area (Å²) in [6.45, 7) is 11.5. The topological polar surface area (TPSA) is 97.5 Å². The molecule has 0 radical (unpaired) electrons. The molecule has 36 heavy (non-hydrogen) atoms. The summed E-state index contributed by atoms with van der Waals surface area (Å²) in [6.07, 6.45) is 0. The summed E-state index contributed by atoms with van der Waals surface area (Å²) in [7, 11) is -8.48. The highest BCUT2D eigenvalue weighted by molar-refractivity contribution is 7.93. The third-order valence-electron chi connectivity index (χ3n) is 6.32. The Kier molecular flexibility index (Phi) is 6.49. The third-order valence-corrected chi connectivity index (χ3v) is 8.95. The fourth-order valence-corrected chi connectivity index (χ4v) is 7.70. The largest absolute Gasteiger partial charge is 0.269 e. The molecule has 0 aliphatic carbocycles.